The molecule has 0 radical (unpaired) electrons. The molecule has 3 aromatic carbocycles. The number of quaternary nitrogens is 1. The molecule has 38 heavy (non-hydrogen) atoms. The number of aromatic nitrogens is 2. The molecule has 0 saturated carbocycles. The van der Waals surface area contributed by atoms with E-state index < -0.39 is 5.97 Å². The van der Waals surface area contributed by atoms with Crippen LogP contribution in [0.5, 0.6) is 0 Å². The number of carbonyl (C=O) groups excluding carboxylic acids is 1. The molecule has 0 bridgehead atoms. The summed E-state index contributed by atoms with van der Waals surface area (Å²) in [5.74, 6) is -0.882. The number of aliphatic carboxylic acids is 1. The highest BCUT2D eigenvalue weighted by atomic mass is 35.5. The number of nitrogens with zero attached hydrogens (tertiary/aromatic N) is 2. The molecule has 5 rings (SSSR count). The first-order valence-corrected chi connectivity index (χ1v) is 13.3. The Morgan fingerprint density at radius 3 is 2.58 bits per heavy atom. The first-order valence-electron chi connectivity index (χ1n) is 12.9. The Morgan fingerprint density at radius 1 is 0.947 bits per heavy atom. The van der Waals surface area contributed by atoms with Crippen LogP contribution in [0.4, 0.5) is 0 Å². The standard InChI is InChI=1S/C31H28ClN3O3/c32-24-15-12-21(13-16-24)30-27(10-3-4-11-29(36)37)34-28-18-22(14-17-26(28)35-30)31(38)33-19-23-8-5-7-20-6-1-2-9-25(20)23/h1-2,6,9,12-19H,3-5,7-8,10-11H2,(H,33,38)(H,36,37)/p+1/b23-19+. The van der Waals surface area contributed by atoms with E-state index in [1.807, 2.05) is 42.6 Å². The number of halogens is 1. The molecule has 0 aliphatic heterocycles. The highest BCUT2D eigenvalue weighted by Gasteiger charge is 2.18. The van der Waals surface area contributed by atoms with Crippen LogP contribution in [-0.2, 0) is 17.6 Å². The molecule has 4 aromatic rings. The number of benzene rings is 3. The fraction of sp³-hybridized carbons (Fsp3) is 0.226. The smallest absolute Gasteiger partial charge is 0.347 e. The van der Waals surface area contributed by atoms with E-state index >= 15 is 0 Å². The van der Waals surface area contributed by atoms with Crippen LogP contribution in [0.15, 0.2) is 72.9 Å². The molecule has 1 aliphatic rings. The van der Waals surface area contributed by atoms with Crippen molar-refractivity contribution in [3.63, 3.8) is 0 Å². The van der Waals surface area contributed by atoms with Crippen LogP contribution in [-0.4, -0.2) is 27.0 Å². The molecule has 1 aromatic heterocycles. The number of carboxylic acids is 1. The lowest BCUT2D eigenvalue weighted by Gasteiger charge is -2.17. The quantitative estimate of drug-likeness (QED) is 0.282. The molecule has 0 atom stereocenters. The number of amides is 1. The molecule has 1 aliphatic carbocycles. The molecule has 0 spiro atoms. The number of primary amides is 1. The van der Waals surface area contributed by atoms with Crippen LogP contribution in [0.3, 0.4) is 0 Å². The number of unbranched alkanes of at least 4 members (excludes halogenated alkanes) is 1. The minimum Gasteiger partial charge on any atom is -0.481 e. The maximum absolute atomic E-state index is 13.1. The Hall–Kier alpha value is -3.87. The summed E-state index contributed by atoms with van der Waals surface area (Å²) < 4.78 is 0. The molecule has 1 amide bonds. The zero-order valence-corrected chi connectivity index (χ0v) is 21.7. The summed E-state index contributed by atoms with van der Waals surface area (Å²) in [6.07, 6.45) is 7.00. The fourth-order valence-electron chi connectivity index (χ4n) is 4.93. The third kappa shape index (κ3) is 5.98. The molecule has 192 valence electrons. The van der Waals surface area contributed by atoms with E-state index in [-0.39, 0.29) is 12.3 Å². The van der Waals surface area contributed by atoms with Crippen molar-refractivity contribution in [3.05, 3.63) is 100 Å². The van der Waals surface area contributed by atoms with E-state index in [4.69, 9.17) is 26.7 Å². The van der Waals surface area contributed by atoms with Crippen molar-refractivity contribution in [1.82, 2.24) is 9.97 Å². The number of fused-ring (bicyclic) bond motifs is 2. The lowest BCUT2D eigenvalue weighted by molar-refractivity contribution is -0.480. The molecule has 0 fully saturated rings. The Kier molecular flexibility index (Phi) is 7.91. The van der Waals surface area contributed by atoms with Gasteiger partial charge >= 0.3 is 11.9 Å². The van der Waals surface area contributed by atoms with Gasteiger partial charge in [-0.1, -0.05) is 48.0 Å². The van der Waals surface area contributed by atoms with Gasteiger partial charge in [-0.25, -0.2) is 14.8 Å². The van der Waals surface area contributed by atoms with Crippen molar-refractivity contribution in [2.45, 2.75) is 44.9 Å². The van der Waals surface area contributed by atoms with Crippen molar-refractivity contribution in [3.8, 4) is 11.3 Å². The molecule has 7 heteroatoms. The summed E-state index contributed by atoms with van der Waals surface area (Å²) in [6, 6.07) is 21.2. The third-order valence-corrected chi connectivity index (χ3v) is 7.14. The second-order valence-electron chi connectivity index (χ2n) is 9.56. The average molecular weight is 527 g/mol. The molecule has 6 nitrogen and oxygen atoms in total. The molecule has 0 saturated heterocycles. The maximum Gasteiger partial charge on any atom is 0.347 e. The van der Waals surface area contributed by atoms with E-state index in [2.05, 4.69) is 18.2 Å². The van der Waals surface area contributed by atoms with Gasteiger partial charge in [-0.15, -0.1) is 0 Å². The van der Waals surface area contributed by atoms with E-state index in [1.54, 1.807) is 17.4 Å². The summed E-state index contributed by atoms with van der Waals surface area (Å²) >= 11 is 6.08. The van der Waals surface area contributed by atoms with Gasteiger partial charge in [0.15, 0.2) is 0 Å². The lowest BCUT2D eigenvalue weighted by Crippen LogP contribution is -2.82. The van der Waals surface area contributed by atoms with E-state index in [0.29, 0.717) is 40.9 Å². The summed E-state index contributed by atoms with van der Waals surface area (Å²) in [6.45, 7) is 0. The second kappa shape index (κ2) is 11.7. The Morgan fingerprint density at radius 2 is 1.76 bits per heavy atom. The molecular weight excluding hydrogens is 498 g/mol. The van der Waals surface area contributed by atoms with Gasteiger partial charge in [0.1, 0.15) is 6.20 Å². The van der Waals surface area contributed by atoms with Crippen molar-refractivity contribution in [2.75, 3.05) is 0 Å². The zero-order valence-electron chi connectivity index (χ0n) is 21.0. The van der Waals surface area contributed by atoms with E-state index in [9.17, 15) is 9.59 Å². The van der Waals surface area contributed by atoms with Crippen molar-refractivity contribution in [1.29, 1.82) is 0 Å². The Bertz CT molecular complexity index is 1530. The highest BCUT2D eigenvalue weighted by molar-refractivity contribution is 6.30. The van der Waals surface area contributed by atoms with Crippen LogP contribution < -0.4 is 5.32 Å². The maximum atomic E-state index is 13.1. The molecular formula is C31H29ClN3O3+. The van der Waals surface area contributed by atoms with Crippen molar-refractivity contribution < 1.29 is 20.0 Å². The third-order valence-electron chi connectivity index (χ3n) is 6.88. The first kappa shape index (κ1) is 25.8. The molecule has 3 N–H and O–H groups in total. The fourth-order valence-corrected chi connectivity index (χ4v) is 5.05. The Balaban J connectivity index is 1.42. The number of hydrogen-bond donors (Lipinski definition) is 2. The molecule has 1 heterocycles. The number of carbonyl (C=O) groups is 2. The second-order valence-corrected chi connectivity index (χ2v) is 10.0. The number of aryl methyl sites for hydroxylation is 2. The topological polar surface area (TPSA) is 96.8 Å². The van der Waals surface area contributed by atoms with Gasteiger partial charge in [0.2, 0.25) is 0 Å². The summed E-state index contributed by atoms with van der Waals surface area (Å²) in [5, 5.41) is 11.3. The van der Waals surface area contributed by atoms with Gasteiger partial charge in [0.05, 0.1) is 28.0 Å². The largest absolute Gasteiger partial charge is 0.481 e. The van der Waals surface area contributed by atoms with Crippen molar-refractivity contribution >= 4 is 40.1 Å². The zero-order chi connectivity index (χ0) is 26.5. The highest BCUT2D eigenvalue weighted by Crippen LogP contribution is 2.30. The molecule has 0 unspecified atom stereocenters. The normalized spacial score (nSPS) is 14.0. The van der Waals surface area contributed by atoms with Crippen LogP contribution in [0.25, 0.3) is 27.9 Å². The van der Waals surface area contributed by atoms with Crippen LogP contribution in [0.1, 0.15) is 59.3 Å². The summed E-state index contributed by atoms with van der Waals surface area (Å²) in [4.78, 5) is 33.8. The van der Waals surface area contributed by atoms with Crippen LogP contribution in [0.2, 0.25) is 5.02 Å². The monoisotopic (exact) mass is 526 g/mol. The number of hydrogen-bond acceptors (Lipinski definition) is 4. The van der Waals surface area contributed by atoms with E-state index in [0.717, 1.165) is 36.2 Å². The number of nitrogens with two attached hydrogens (primary N) is 1. The van der Waals surface area contributed by atoms with Gasteiger partial charge in [-0.3, -0.25) is 10.1 Å². The van der Waals surface area contributed by atoms with Gasteiger partial charge in [0.25, 0.3) is 0 Å². The predicted octanol–water partition coefficient (Wildman–Crippen LogP) is 5.83. The summed E-state index contributed by atoms with van der Waals surface area (Å²) in [7, 11) is 0. The van der Waals surface area contributed by atoms with Gasteiger partial charge < -0.3 is 5.11 Å². The minimum atomic E-state index is -0.807. The number of rotatable bonds is 8. The Labute approximate surface area is 226 Å². The predicted molar refractivity (Wildman–Crippen MR) is 149 cm³/mol. The van der Waals surface area contributed by atoms with Gasteiger partial charge in [-0.05, 0) is 80.0 Å². The first-order chi connectivity index (χ1) is 18.5. The van der Waals surface area contributed by atoms with Crippen LogP contribution >= 0.6 is 11.6 Å². The average Bonchev–Trinajstić information content (AvgIpc) is 2.93. The number of carboxylic acid groups (broad SMARTS) is 1. The van der Waals surface area contributed by atoms with Crippen LogP contribution in [0, 0.1) is 0 Å². The van der Waals surface area contributed by atoms with Gasteiger partial charge in [0, 0.05) is 22.6 Å². The van der Waals surface area contributed by atoms with E-state index in [1.165, 1.54) is 16.7 Å². The summed E-state index contributed by atoms with van der Waals surface area (Å²) in [5.41, 5.74) is 8.07. The van der Waals surface area contributed by atoms with Gasteiger partial charge in [-0.2, -0.15) is 0 Å². The minimum absolute atomic E-state index is 0.0750. The van der Waals surface area contributed by atoms with Crippen molar-refractivity contribution in [2.24, 2.45) is 0 Å². The lowest BCUT2D eigenvalue weighted by atomic mass is 9.88. The SMILES string of the molecule is O=C(O)CCCCc1nc2cc(C(=O)[NH2+]/C=C3\CCCc4ccccc43)ccc2nc1-c1ccc(Cl)cc1. The number of allylic oxidation sites excluding steroid dienone is 1.